The van der Waals surface area contributed by atoms with E-state index in [1.165, 1.54) is 11.6 Å². The first-order valence-electron chi connectivity index (χ1n) is 5.64. The summed E-state index contributed by atoms with van der Waals surface area (Å²) >= 11 is 5.95. The van der Waals surface area contributed by atoms with Gasteiger partial charge in [-0.15, -0.1) is 0 Å². The molecule has 88 valence electrons. The molecule has 1 aliphatic rings. The third-order valence-electron chi connectivity index (χ3n) is 3.35. The molecule has 0 atom stereocenters. The highest BCUT2D eigenvalue weighted by molar-refractivity contribution is 6.31. The van der Waals surface area contributed by atoms with Crippen molar-refractivity contribution in [3.63, 3.8) is 0 Å². The summed E-state index contributed by atoms with van der Waals surface area (Å²) in [6.07, 6.45) is 4.23. The van der Waals surface area contributed by atoms with E-state index in [0.717, 1.165) is 36.8 Å². The molecular weight excluding hydrogens is 240 g/mol. The highest BCUT2D eigenvalue weighted by atomic mass is 35.5. The number of hydrogen-bond donors (Lipinski definition) is 1. The maximum atomic E-state index is 11.0. The van der Waals surface area contributed by atoms with Gasteiger partial charge in [0.05, 0.1) is 4.92 Å². The normalized spacial score (nSPS) is 14.9. The second kappa shape index (κ2) is 3.74. The zero-order valence-electron chi connectivity index (χ0n) is 9.12. The molecule has 0 spiro atoms. The van der Waals surface area contributed by atoms with E-state index in [4.69, 9.17) is 11.6 Å². The lowest BCUT2D eigenvalue weighted by molar-refractivity contribution is -0.383. The Balaban J connectivity index is 2.36. The average Bonchev–Trinajstić information content (AvgIpc) is 2.66. The highest BCUT2D eigenvalue weighted by Gasteiger charge is 2.22. The van der Waals surface area contributed by atoms with E-state index in [-0.39, 0.29) is 10.6 Å². The summed E-state index contributed by atoms with van der Waals surface area (Å²) in [5.41, 5.74) is 3.03. The van der Waals surface area contributed by atoms with Crippen LogP contribution in [0.15, 0.2) is 12.1 Å². The molecule has 1 aromatic heterocycles. The topological polar surface area (TPSA) is 58.9 Å². The van der Waals surface area contributed by atoms with Crippen LogP contribution in [-0.2, 0) is 12.8 Å². The summed E-state index contributed by atoms with van der Waals surface area (Å²) in [7, 11) is 0. The van der Waals surface area contributed by atoms with Crippen LogP contribution in [0, 0.1) is 10.1 Å². The van der Waals surface area contributed by atoms with Crippen molar-refractivity contribution < 1.29 is 4.92 Å². The number of nitro groups is 1. The second-order valence-corrected chi connectivity index (χ2v) is 4.83. The Labute approximate surface area is 103 Å². The number of H-pyrrole nitrogens is 1. The van der Waals surface area contributed by atoms with Gasteiger partial charge < -0.3 is 4.98 Å². The molecule has 2 aromatic rings. The van der Waals surface area contributed by atoms with Crippen LogP contribution in [0.1, 0.15) is 24.1 Å². The summed E-state index contributed by atoms with van der Waals surface area (Å²) in [5, 5.41) is 12.3. The molecule has 0 unspecified atom stereocenters. The van der Waals surface area contributed by atoms with Crippen molar-refractivity contribution >= 4 is 28.2 Å². The van der Waals surface area contributed by atoms with Crippen LogP contribution in [0.4, 0.5) is 5.69 Å². The minimum atomic E-state index is -0.379. The van der Waals surface area contributed by atoms with Gasteiger partial charge in [-0.3, -0.25) is 10.1 Å². The number of fused-ring (bicyclic) bond motifs is 3. The predicted octanol–water partition coefficient (Wildman–Crippen LogP) is 3.61. The number of aromatic nitrogens is 1. The number of halogens is 1. The molecule has 1 heterocycles. The van der Waals surface area contributed by atoms with Crippen LogP contribution in [0.2, 0.25) is 5.02 Å². The van der Waals surface area contributed by atoms with Crippen LogP contribution < -0.4 is 0 Å². The molecular formula is C12H11ClN2O2. The Bertz CT molecular complexity index is 618. The molecule has 3 rings (SSSR count). The van der Waals surface area contributed by atoms with E-state index >= 15 is 0 Å². The summed E-state index contributed by atoms with van der Waals surface area (Å²) < 4.78 is 0. The van der Waals surface area contributed by atoms with Gasteiger partial charge in [-0.25, -0.2) is 0 Å². The molecule has 0 amide bonds. The number of nitrogens with zero attached hydrogens (tertiary/aromatic N) is 1. The van der Waals surface area contributed by atoms with Crippen LogP contribution >= 0.6 is 11.6 Å². The molecule has 0 fully saturated rings. The van der Waals surface area contributed by atoms with Crippen LogP contribution in [-0.4, -0.2) is 9.91 Å². The van der Waals surface area contributed by atoms with Crippen molar-refractivity contribution in [3.8, 4) is 0 Å². The second-order valence-electron chi connectivity index (χ2n) is 4.39. The van der Waals surface area contributed by atoms with Gasteiger partial charge in [0, 0.05) is 22.2 Å². The third-order valence-corrected chi connectivity index (χ3v) is 3.57. The quantitative estimate of drug-likeness (QED) is 0.621. The molecule has 1 aromatic carbocycles. The van der Waals surface area contributed by atoms with Gasteiger partial charge >= 0.3 is 0 Å². The predicted molar refractivity (Wildman–Crippen MR) is 66.6 cm³/mol. The van der Waals surface area contributed by atoms with Gasteiger partial charge in [-0.2, -0.15) is 0 Å². The summed E-state index contributed by atoms with van der Waals surface area (Å²) in [6, 6.07) is 3.23. The maximum absolute atomic E-state index is 11.0. The number of benzene rings is 1. The molecule has 1 aliphatic carbocycles. The zero-order chi connectivity index (χ0) is 12.0. The molecule has 0 radical (unpaired) electrons. The van der Waals surface area contributed by atoms with Gasteiger partial charge in [0.25, 0.3) is 5.69 Å². The van der Waals surface area contributed by atoms with Crippen molar-refractivity contribution in [2.75, 3.05) is 0 Å². The van der Waals surface area contributed by atoms with E-state index in [1.54, 1.807) is 0 Å². The number of nitrogens with one attached hydrogen (secondary N) is 1. The van der Waals surface area contributed by atoms with Crippen molar-refractivity contribution in [2.45, 2.75) is 25.7 Å². The minimum Gasteiger partial charge on any atom is -0.353 e. The van der Waals surface area contributed by atoms with E-state index in [9.17, 15) is 10.1 Å². The Morgan fingerprint density at radius 2 is 2.06 bits per heavy atom. The van der Waals surface area contributed by atoms with Crippen molar-refractivity contribution in [3.05, 3.63) is 38.5 Å². The Kier molecular flexibility index (Phi) is 2.33. The first kappa shape index (κ1) is 10.6. The first-order valence-corrected chi connectivity index (χ1v) is 6.02. The molecule has 0 aliphatic heterocycles. The number of nitro benzene ring substituents is 1. The van der Waals surface area contributed by atoms with Crippen molar-refractivity contribution in [1.82, 2.24) is 4.98 Å². The van der Waals surface area contributed by atoms with E-state index in [1.807, 2.05) is 6.07 Å². The van der Waals surface area contributed by atoms with Crippen molar-refractivity contribution in [2.24, 2.45) is 0 Å². The monoisotopic (exact) mass is 250 g/mol. The first-order chi connectivity index (χ1) is 8.16. The molecule has 1 N–H and O–H groups in total. The Morgan fingerprint density at radius 1 is 1.29 bits per heavy atom. The smallest absolute Gasteiger partial charge is 0.294 e. The highest BCUT2D eigenvalue weighted by Crippen LogP contribution is 2.35. The van der Waals surface area contributed by atoms with Crippen LogP contribution in [0.25, 0.3) is 10.9 Å². The largest absolute Gasteiger partial charge is 0.353 e. The molecule has 5 heteroatoms. The van der Waals surface area contributed by atoms with Gasteiger partial charge in [-0.1, -0.05) is 11.6 Å². The van der Waals surface area contributed by atoms with Gasteiger partial charge in [0.15, 0.2) is 0 Å². The van der Waals surface area contributed by atoms with Gasteiger partial charge in [-0.05, 0) is 37.3 Å². The van der Waals surface area contributed by atoms with E-state index in [0.29, 0.717) is 10.5 Å². The molecule has 4 nitrogen and oxygen atoms in total. The molecule has 0 saturated heterocycles. The maximum Gasteiger partial charge on any atom is 0.294 e. The number of aromatic amines is 1. The average molecular weight is 251 g/mol. The lowest BCUT2D eigenvalue weighted by atomic mass is 9.95. The third kappa shape index (κ3) is 1.60. The number of non-ortho nitro benzene ring substituents is 1. The standard InChI is InChI=1S/C12H11ClN2O2/c13-7-5-9-8-3-1-2-4-10(8)14-12(9)11(6-7)15(16)17/h5-6,14H,1-4H2. The van der Waals surface area contributed by atoms with Gasteiger partial charge in [0.2, 0.25) is 0 Å². The fourth-order valence-corrected chi connectivity index (χ4v) is 2.81. The van der Waals surface area contributed by atoms with Crippen LogP contribution in [0.3, 0.4) is 0 Å². The summed E-state index contributed by atoms with van der Waals surface area (Å²) in [5.74, 6) is 0. The molecule has 0 saturated carbocycles. The SMILES string of the molecule is O=[N+]([O-])c1cc(Cl)cc2c3c([nH]c12)CCCC3. The zero-order valence-corrected chi connectivity index (χ0v) is 9.88. The van der Waals surface area contributed by atoms with Crippen LogP contribution in [0.5, 0.6) is 0 Å². The summed E-state index contributed by atoms with van der Waals surface area (Å²) in [4.78, 5) is 13.8. The van der Waals surface area contributed by atoms with E-state index < -0.39 is 0 Å². The van der Waals surface area contributed by atoms with E-state index in [2.05, 4.69) is 4.98 Å². The Hall–Kier alpha value is -1.55. The number of hydrogen-bond acceptors (Lipinski definition) is 2. The molecule has 0 bridgehead atoms. The number of aryl methyl sites for hydroxylation is 2. The summed E-state index contributed by atoms with van der Waals surface area (Å²) in [6.45, 7) is 0. The Morgan fingerprint density at radius 3 is 2.82 bits per heavy atom. The van der Waals surface area contributed by atoms with Crippen molar-refractivity contribution in [1.29, 1.82) is 0 Å². The lowest BCUT2D eigenvalue weighted by Crippen LogP contribution is -1.99. The lowest BCUT2D eigenvalue weighted by Gasteiger charge is -2.10. The fourth-order valence-electron chi connectivity index (χ4n) is 2.60. The fraction of sp³-hybridized carbons (Fsp3) is 0.333. The minimum absolute atomic E-state index is 0.0712. The number of rotatable bonds is 1. The molecule has 17 heavy (non-hydrogen) atoms. The van der Waals surface area contributed by atoms with Gasteiger partial charge in [0.1, 0.15) is 5.52 Å².